The molecule has 4 heteroatoms. The summed E-state index contributed by atoms with van der Waals surface area (Å²) in [5.41, 5.74) is 7.48. The number of hydrogen-bond acceptors (Lipinski definition) is 2. The lowest BCUT2D eigenvalue weighted by Gasteiger charge is -2.10. The maximum atomic E-state index is 9.72. The quantitative estimate of drug-likeness (QED) is 0.243. The van der Waals surface area contributed by atoms with Gasteiger partial charge in [-0.3, -0.25) is 0 Å². The first kappa shape index (κ1) is 20.1. The molecule has 0 atom stereocenters. The standard InChI is InChI=1S/C32H17N3O/c1-34-27-10-6-7-21(19-33)32(27)20-13-15-29-25(17-20)23-8-2-4-11-28(23)35(29)22-14-16-31-26(18-22)24-9-3-5-12-30(24)36-31/h2-18H. The Labute approximate surface area is 206 Å². The first-order valence-electron chi connectivity index (χ1n) is 11.6. The predicted octanol–water partition coefficient (Wildman–Crippen LogP) is 8.77. The number of furan rings is 1. The molecule has 0 aliphatic heterocycles. The van der Waals surface area contributed by atoms with Gasteiger partial charge in [-0.05, 0) is 54.1 Å². The number of rotatable bonds is 2. The summed E-state index contributed by atoms with van der Waals surface area (Å²) in [7, 11) is 0. The van der Waals surface area contributed by atoms with E-state index in [1.165, 1.54) is 0 Å². The summed E-state index contributed by atoms with van der Waals surface area (Å²) in [6.07, 6.45) is 0. The first-order chi connectivity index (χ1) is 17.8. The highest BCUT2D eigenvalue weighted by Crippen LogP contribution is 2.39. The number of aromatic nitrogens is 1. The summed E-state index contributed by atoms with van der Waals surface area (Å²) in [6, 6.07) is 36.5. The van der Waals surface area contributed by atoms with E-state index in [9.17, 15) is 5.26 Å². The molecule has 0 bridgehead atoms. The minimum absolute atomic E-state index is 0.481. The highest BCUT2D eigenvalue weighted by atomic mass is 16.3. The molecule has 0 aliphatic carbocycles. The molecule has 5 aromatic carbocycles. The van der Waals surface area contributed by atoms with Gasteiger partial charge in [0.25, 0.3) is 0 Å². The third-order valence-electron chi connectivity index (χ3n) is 6.86. The zero-order chi connectivity index (χ0) is 24.2. The molecule has 2 aromatic heterocycles. The van der Waals surface area contributed by atoms with Crippen LogP contribution in [0.3, 0.4) is 0 Å². The van der Waals surface area contributed by atoms with Gasteiger partial charge in [0, 0.05) is 38.4 Å². The van der Waals surface area contributed by atoms with E-state index in [4.69, 9.17) is 11.0 Å². The summed E-state index contributed by atoms with van der Waals surface area (Å²) in [5.74, 6) is 0. The van der Waals surface area contributed by atoms with Crippen molar-refractivity contribution >= 4 is 49.4 Å². The van der Waals surface area contributed by atoms with Crippen molar-refractivity contribution in [3.63, 3.8) is 0 Å². The molecule has 166 valence electrons. The predicted molar refractivity (Wildman–Crippen MR) is 144 cm³/mol. The Bertz CT molecular complexity index is 2050. The lowest BCUT2D eigenvalue weighted by atomic mass is 9.97. The molecule has 0 amide bonds. The van der Waals surface area contributed by atoms with E-state index >= 15 is 0 Å². The molecule has 2 heterocycles. The lowest BCUT2D eigenvalue weighted by molar-refractivity contribution is 0.669. The molecule has 0 saturated carbocycles. The normalized spacial score (nSPS) is 11.3. The number of benzene rings is 5. The molecule has 7 aromatic rings. The average molecular weight is 460 g/mol. The van der Waals surface area contributed by atoms with Crippen LogP contribution in [0, 0.1) is 17.9 Å². The largest absolute Gasteiger partial charge is 0.456 e. The topological polar surface area (TPSA) is 46.2 Å². The Balaban J connectivity index is 1.53. The zero-order valence-electron chi connectivity index (χ0n) is 19.1. The summed E-state index contributed by atoms with van der Waals surface area (Å²) in [6.45, 7) is 7.63. The molecule has 0 N–H and O–H groups in total. The minimum Gasteiger partial charge on any atom is -0.456 e. The number of fused-ring (bicyclic) bond motifs is 6. The van der Waals surface area contributed by atoms with E-state index in [1.807, 2.05) is 42.5 Å². The van der Waals surface area contributed by atoms with Crippen LogP contribution in [-0.2, 0) is 0 Å². The maximum Gasteiger partial charge on any atom is 0.196 e. The molecule has 4 nitrogen and oxygen atoms in total. The monoisotopic (exact) mass is 459 g/mol. The highest BCUT2D eigenvalue weighted by Gasteiger charge is 2.17. The van der Waals surface area contributed by atoms with Gasteiger partial charge in [0.2, 0.25) is 0 Å². The van der Waals surface area contributed by atoms with E-state index in [1.54, 1.807) is 18.2 Å². The van der Waals surface area contributed by atoms with Gasteiger partial charge in [0.1, 0.15) is 11.2 Å². The molecule has 7 rings (SSSR count). The van der Waals surface area contributed by atoms with Gasteiger partial charge < -0.3 is 8.98 Å². The zero-order valence-corrected chi connectivity index (χ0v) is 19.1. The van der Waals surface area contributed by atoms with Gasteiger partial charge in [-0.15, -0.1) is 0 Å². The van der Waals surface area contributed by atoms with E-state index in [0.29, 0.717) is 16.8 Å². The molecule has 0 spiro atoms. The van der Waals surface area contributed by atoms with Crippen LogP contribution in [0.4, 0.5) is 5.69 Å². The second kappa shape index (κ2) is 7.60. The summed E-state index contributed by atoms with van der Waals surface area (Å²) >= 11 is 0. The van der Waals surface area contributed by atoms with Crippen molar-refractivity contribution in [2.45, 2.75) is 0 Å². The smallest absolute Gasteiger partial charge is 0.196 e. The van der Waals surface area contributed by atoms with E-state index < -0.39 is 0 Å². The van der Waals surface area contributed by atoms with Crippen LogP contribution in [0.15, 0.2) is 108 Å². The van der Waals surface area contributed by atoms with E-state index in [2.05, 4.69) is 57.9 Å². The third-order valence-corrected chi connectivity index (χ3v) is 6.86. The van der Waals surface area contributed by atoms with Crippen molar-refractivity contribution in [2.75, 3.05) is 0 Å². The number of para-hydroxylation sites is 2. The van der Waals surface area contributed by atoms with Crippen LogP contribution in [0.5, 0.6) is 0 Å². The molecule has 36 heavy (non-hydrogen) atoms. The van der Waals surface area contributed by atoms with Gasteiger partial charge in [0.15, 0.2) is 5.69 Å². The Kier molecular flexibility index (Phi) is 4.24. The van der Waals surface area contributed by atoms with Crippen molar-refractivity contribution < 1.29 is 4.42 Å². The molecular formula is C32H17N3O. The summed E-state index contributed by atoms with van der Waals surface area (Å²) in [4.78, 5) is 3.68. The molecule has 0 aliphatic rings. The Hall–Kier alpha value is -5.32. The summed E-state index contributed by atoms with van der Waals surface area (Å²) in [5, 5.41) is 14.1. The Morgan fingerprint density at radius 3 is 2.33 bits per heavy atom. The van der Waals surface area contributed by atoms with Gasteiger partial charge in [-0.2, -0.15) is 5.26 Å². The fourth-order valence-electron chi connectivity index (χ4n) is 5.29. The van der Waals surface area contributed by atoms with Crippen molar-refractivity contribution in [1.29, 1.82) is 5.26 Å². The van der Waals surface area contributed by atoms with Crippen LogP contribution in [0.1, 0.15) is 5.56 Å². The number of hydrogen-bond donors (Lipinski definition) is 0. The van der Waals surface area contributed by atoms with E-state index in [0.717, 1.165) is 55.0 Å². The Morgan fingerprint density at radius 2 is 1.47 bits per heavy atom. The molecule has 0 radical (unpaired) electrons. The number of nitrogens with zero attached hydrogens (tertiary/aromatic N) is 3. The highest BCUT2D eigenvalue weighted by molar-refractivity contribution is 6.12. The molecule has 0 fully saturated rings. The van der Waals surface area contributed by atoms with Crippen LogP contribution >= 0.6 is 0 Å². The van der Waals surface area contributed by atoms with Gasteiger partial charge in [-0.1, -0.05) is 54.6 Å². The van der Waals surface area contributed by atoms with Crippen molar-refractivity contribution in [2.24, 2.45) is 0 Å². The van der Waals surface area contributed by atoms with Crippen LogP contribution in [0.25, 0.3) is 65.4 Å². The fraction of sp³-hybridized carbons (Fsp3) is 0. The first-order valence-corrected chi connectivity index (χ1v) is 11.6. The van der Waals surface area contributed by atoms with Crippen molar-refractivity contribution in [1.82, 2.24) is 4.57 Å². The van der Waals surface area contributed by atoms with Crippen LogP contribution in [-0.4, -0.2) is 4.57 Å². The minimum atomic E-state index is 0.481. The Morgan fingerprint density at radius 1 is 0.694 bits per heavy atom. The third kappa shape index (κ3) is 2.79. The molecule has 0 saturated heterocycles. The van der Waals surface area contributed by atoms with Crippen LogP contribution < -0.4 is 0 Å². The second-order valence-electron chi connectivity index (χ2n) is 8.79. The summed E-state index contributed by atoms with van der Waals surface area (Å²) < 4.78 is 8.31. The van der Waals surface area contributed by atoms with Gasteiger partial charge in [-0.25, -0.2) is 4.85 Å². The molecular weight excluding hydrogens is 442 g/mol. The van der Waals surface area contributed by atoms with Crippen molar-refractivity contribution in [3.8, 4) is 22.9 Å². The van der Waals surface area contributed by atoms with Gasteiger partial charge >= 0.3 is 0 Å². The van der Waals surface area contributed by atoms with Crippen molar-refractivity contribution in [3.05, 3.63) is 120 Å². The molecule has 0 unspecified atom stereocenters. The maximum absolute atomic E-state index is 9.72. The fourth-order valence-corrected chi connectivity index (χ4v) is 5.29. The SMILES string of the molecule is [C-]#[N+]c1cccc(C#N)c1-c1ccc2c(c1)c1ccccc1n2-c1ccc2oc3ccccc3c2c1. The van der Waals surface area contributed by atoms with Crippen LogP contribution in [0.2, 0.25) is 0 Å². The second-order valence-corrected chi connectivity index (χ2v) is 8.79. The average Bonchev–Trinajstić information content (AvgIpc) is 3.47. The number of nitriles is 1. The van der Waals surface area contributed by atoms with E-state index in [-0.39, 0.29) is 0 Å². The van der Waals surface area contributed by atoms with Gasteiger partial charge in [0.05, 0.1) is 23.7 Å². The lowest BCUT2D eigenvalue weighted by Crippen LogP contribution is -1.93.